The average Bonchev–Trinajstić information content (AvgIpc) is 3.23. The molecule has 2 N–H and O–H groups in total. The molecule has 1 fully saturated rings. The van der Waals surface area contributed by atoms with Crippen molar-refractivity contribution in [2.45, 2.75) is 12.5 Å². The molecule has 1 aliphatic rings. The summed E-state index contributed by atoms with van der Waals surface area (Å²) in [5.74, 6) is -0.395. The lowest BCUT2D eigenvalue weighted by atomic mass is 10.1. The Morgan fingerprint density at radius 3 is 2.75 bits per heavy atom. The molecule has 2 unspecified atom stereocenters. The molecular weight excluding hydrogens is 332 g/mol. The number of nitrogens with one attached hydrogen (secondary N) is 1. The van der Waals surface area contributed by atoms with E-state index in [0.717, 1.165) is 0 Å². The zero-order valence-electron chi connectivity index (χ0n) is 12.8. The number of aliphatic hydroxyl groups excluding tert-OH is 1. The van der Waals surface area contributed by atoms with Crippen LogP contribution in [0.1, 0.15) is 18.2 Å². The SMILES string of the molecule is O=C(NC(CO)c1ccco1)C1CC(=O)N(c2ccc(Cl)cc2)C1. The third kappa shape index (κ3) is 3.44. The number of aliphatic hydroxyl groups is 1. The number of rotatable bonds is 5. The predicted octanol–water partition coefficient (Wildman–Crippen LogP) is 2.14. The van der Waals surface area contributed by atoms with Gasteiger partial charge in [-0.05, 0) is 36.4 Å². The van der Waals surface area contributed by atoms with Crippen LogP contribution >= 0.6 is 11.6 Å². The van der Waals surface area contributed by atoms with E-state index in [0.29, 0.717) is 23.0 Å². The quantitative estimate of drug-likeness (QED) is 0.867. The summed E-state index contributed by atoms with van der Waals surface area (Å²) in [6.45, 7) is 0.0173. The van der Waals surface area contributed by atoms with Crippen molar-refractivity contribution in [3.63, 3.8) is 0 Å². The molecule has 0 saturated carbocycles. The topological polar surface area (TPSA) is 82.8 Å². The minimum absolute atomic E-state index is 0.115. The van der Waals surface area contributed by atoms with Crippen LogP contribution in [-0.2, 0) is 9.59 Å². The van der Waals surface area contributed by atoms with Crippen molar-refractivity contribution in [1.82, 2.24) is 5.32 Å². The van der Waals surface area contributed by atoms with Gasteiger partial charge in [-0.25, -0.2) is 0 Å². The number of carbonyl (C=O) groups excluding carboxylic acids is 2. The zero-order valence-corrected chi connectivity index (χ0v) is 13.6. The van der Waals surface area contributed by atoms with Crippen LogP contribution in [0.25, 0.3) is 0 Å². The molecule has 0 aliphatic carbocycles. The van der Waals surface area contributed by atoms with Gasteiger partial charge in [-0.15, -0.1) is 0 Å². The van der Waals surface area contributed by atoms with Gasteiger partial charge in [-0.3, -0.25) is 9.59 Å². The average molecular weight is 349 g/mol. The van der Waals surface area contributed by atoms with Crippen molar-refractivity contribution >= 4 is 29.1 Å². The number of furan rings is 1. The van der Waals surface area contributed by atoms with E-state index in [2.05, 4.69) is 5.32 Å². The van der Waals surface area contributed by atoms with Crippen molar-refractivity contribution in [3.8, 4) is 0 Å². The molecule has 0 spiro atoms. The number of anilines is 1. The number of carbonyl (C=O) groups is 2. The molecule has 24 heavy (non-hydrogen) atoms. The first-order chi connectivity index (χ1) is 11.6. The van der Waals surface area contributed by atoms with E-state index in [4.69, 9.17) is 16.0 Å². The van der Waals surface area contributed by atoms with Crippen LogP contribution in [0, 0.1) is 5.92 Å². The van der Waals surface area contributed by atoms with E-state index in [1.165, 1.54) is 6.26 Å². The maximum atomic E-state index is 12.4. The van der Waals surface area contributed by atoms with Gasteiger partial charge in [0, 0.05) is 23.7 Å². The molecule has 3 rings (SSSR count). The monoisotopic (exact) mass is 348 g/mol. The summed E-state index contributed by atoms with van der Waals surface area (Å²) < 4.78 is 5.21. The van der Waals surface area contributed by atoms with Crippen LogP contribution in [0.2, 0.25) is 5.02 Å². The summed E-state index contributed by atoms with van der Waals surface area (Å²) in [6.07, 6.45) is 1.61. The van der Waals surface area contributed by atoms with E-state index in [-0.39, 0.29) is 24.8 Å². The standard InChI is InChI=1S/C17H17ClN2O4/c18-12-3-5-13(6-4-12)20-9-11(8-16(20)22)17(23)19-14(10-21)15-2-1-7-24-15/h1-7,11,14,21H,8-10H2,(H,19,23). The first-order valence-electron chi connectivity index (χ1n) is 7.59. The van der Waals surface area contributed by atoms with Gasteiger partial charge in [0.25, 0.3) is 0 Å². The van der Waals surface area contributed by atoms with Gasteiger partial charge in [0.1, 0.15) is 11.8 Å². The summed E-state index contributed by atoms with van der Waals surface area (Å²) in [7, 11) is 0. The minimum Gasteiger partial charge on any atom is -0.467 e. The molecule has 1 saturated heterocycles. The maximum Gasteiger partial charge on any atom is 0.227 e. The number of hydrogen-bond acceptors (Lipinski definition) is 4. The second kappa shape index (κ2) is 7.07. The molecule has 0 radical (unpaired) electrons. The highest BCUT2D eigenvalue weighted by molar-refractivity contribution is 6.30. The van der Waals surface area contributed by atoms with Gasteiger partial charge in [0.2, 0.25) is 11.8 Å². The highest BCUT2D eigenvalue weighted by atomic mass is 35.5. The van der Waals surface area contributed by atoms with Gasteiger partial charge in [0.15, 0.2) is 0 Å². The van der Waals surface area contributed by atoms with E-state index in [1.807, 2.05) is 0 Å². The fourth-order valence-electron chi connectivity index (χ4n) is 2.74. The van der Waals surface area contributed by atoms with Crippen LogP contribution in [0.4, 0.5) is 5.69 Å². The third-order valence-corrected chi connectivity index (χ3v) is 4.27. The van der Waals surface area contributed by atoms with Crippen LogP contribution < -0.4 is 10.2 Å². The largest absolute Gasteiger partial charge is 0.467 e. The Labute approximate surface area is 144 Å². The number of halogens is 1. The number of nitrogens with zero attached hydrogens (tertiary/aromatic N) is 1. The van der Waals surface area contributed by atoms with Crippen molar-refractivity contribution in [2.24, 2.45) is 5.92 Å². The summed E-state index contributed by atoms with van der Waals surface area (Å²) in [6, 6.07) is 9.66. The fraction of sp³-hybridized carbons (Fsp3) is 0.294. The van der Waals surface area contributed by atoms with Crippen LogP contribution in [0.3, 0.4) is 0 Å². The summed E-state index contributed by atoms with van der Waals surface area (Å²) in [5, 5.41) is 12.7. The van der Waals surface area contributed by atoms with Crippen molar-refractivity contribution in [1.29, 1.82) is 0 Å². The smallest absolute Gasteiger partial charge is 0.227 e. The van der Waals surface area contributed by atoms with Crippen LogP contribution in [0.5, 0.6) is 0 Å². The Bertz CT molecular complexity index is 715. The Kier molecular flexibility index (Phi) is 4.87. The van der Waals surface area contributed by atoms with Crippen LogP contribution in [0.15, 0.2) is 47.1 Å². The third-order valence-electron chi connectivity index (χ3n) is 4.02. The number of benzene rings is 1. The Balaban J connectivity index is 1.66. The van der Waals surface area contributed by atoms with Crippen molar-refractivity contribution < 1.29 is 19.1 Å². The molecule has 2 amide bonds. The Morgan fingerprint density at radius 1 is 1.38 bits per heavy atom. The highest BCUT2D eigenvalue weighted by Crippen LogP contribution is 2.27. The molecule has 1 aromatic carbocycles. The van der Waals surface area contributed by atoms with E-state index >= 15 is 0 Å². The second-order valence-corrected chi connectivity index (χ2v) is 6.08. The molecule has 0 bridgehead atoms. The van der Waals surface area contributed by atoms with Gasteiger partial charge in [-0.2, -0.15) is 0 Å². The summed E-state index contributed by atoms with van der Waals surface area (Å²) in [5.41, 5.74) is 0.712. The van der Waals surface area contributed by atoms with E-state index in [1.54, 1.807) is 41.3 Å². The maximum absolute atomic E-state index is 12.4. The summed E-state index contributed by atoms with van der Waals surface area (Å²) in [4.78, 5) is 26.2. The van der Waals surface area contributed by atoms with Crippen molar-refractivity contribution in [3.05, 3.63) is 53.4 Å². The first kappa shape index (κ1) is 16.5. The Morgan fingerprint density at radius 2 is 2.12 bits per heavy atom. The number of amides is 2. The molecule has 126 valence electrons. The molecular formula is C17H17ClN2O4. The lowest BCUT2D eigenvalue weighted by Gasteiger charge is -2.18. The lowest BCUT2D eigenvalue weighted by Crippen LogP contribution is -2.36. The Hall–Kier alpha value is -2.31. The fourth-order valence-corrected chi connectivity index (χ4v) is 2.87. The number of hydrogen-bond donors (Lipinski definition) is 2. The van der Waals surface area contributed by atoms with Gasteiger partial charge < -0.3 is 19.7 Å². The lowest BCUT2D eigenvalue weighted by molar-refractivity contribution is -0.127. The molecule has 2 atom stereocenters. The molecule has 1 aromatic heterocycles. The first-order valence-corrected chi connectivity index (χ1v) is 7.97. The van der Waals surface area contributed by atoms with Gasteiger partial charge in [0.05, 0.1) is 18.8 Å². The van der Waals surface area contributed by atoms with Crippen molar-refractivity contribution in [2.75, 3.05) is 18.1 Å². The van der Waals surface area contributed by atoms with Gasteiger partial charge >= 0.3 is 0 Å². The molecule has 7 heteroatoms. The molecule has 2 aromatic rings. The van der Waals surface area contributed by atoms with Crippen LogP contribution in [-0.4, -0.2) is 30.1 Å². The molecule has 2 heterocycles. The molecule has 6 nitrogen and oxygen atoms in total. The van der Waals surface area contributed by atoms with E-state index < -0.39 is 12.0 Å². The minimum atomic E-state index is -0.618. The highest BCUT2D eigenvalue weighted by Gasteiger charge is 2.36. The molecule has 1 aliphatic heterocycles. The predicted molar refractivity (Wildman–Crippen MR) is 88.6 cm³/mol. The van der Waals surface area contributed by atoms with E-state index in [9.17, 15) is 14.7 Å². The second-order valence-electron chi connectivity index (χ2n) is 5.64. The normalized spacial score (nSPS) is 18.7. The zero-order chi connectivity index (χ0) is 17.1. The summed E-state index contributed by atoms with van der Waals surface area (Å²) >= 11 is 5.86. The van der Waals surface area contributed by atoms with Gasteiger partial charge in [-0.1, -0.05) is 11.6 Å².